The van der Waals surface area contributed by atoms with Crippen molar-refractivity contribution in [3.63, 3.8) is 0 Å². The summed E-state index contributed by atoms with van der Waals surface area (Å²) in [7, 11) is 0. The van der Waals surface area contributed by atoms with E-state index in [4.69, 9.17) is 0 Å². The Morgan fingerprint density at radius 1 is 1.71 bits per heavy atom. The van der Waals surface area contributed by atoms with Gasteiger partial charge in [0.2, 0.25) is 0 Å². The van der Waals surface area contributed by atoms with Gasteiger partial charge >= 0.3 is 0 Å². The summed E-state index contributed by atoms with van der Waals surface area (Å²) in [5, 5.41) is 0. The molecule has 1 nitrogen and oxygen atoms in total. The summed E-state index contributed by atoms with van der Waals surface area (Å²) < 4.78 is 3.21. The summed E-state index contributed by atoms with van der Waals surface area (Å²) in [6, 6.07) is 0.662. The molecule has 0 aliphatic heterocycles. The zero-order valence-electron chi connectivity index (χ0n) is 5.19. The second-order valence-electron chi connectivity index (χ2n) is 1.63. The Bertz CT molecular complexity index is 39.1. The van der Waals surface area contributed by atoms with Gasteiger partial charge in [0.1, 0.15) is 0 Å². The Labute approximate surface area is 50.0 Å². The van der Waals surface area contributed by atoms with E-state index in [0.717, 1.165) is 0 Å². The average Bonchev–Trinajstić information content (AvgIpc) is 1.68. The summed E-state index contributed by atoms with van der Waals surface area (Å²) in [6.45, 7) is 4.35. The lowest BCUT2D eigenvalue weighted by molar-refractivity contribution is 0.670. The van der Waals surface area contributed by atoms with Crippen LogP contribution in [0, 0.1) is 0 Å². The first-order valence-corrected chi connectivity index (χ1v) is 3.82. The highest BCUT2D eigenvalue weighted by Gasteiger charge is 1.90. The third-order valence-corrected chi connectivity index (χ3v) is 1.57. The van der Waals surface area contributed by atoms with Crippen molar-refractivity contribution in [3.05, 3.63) is 0 Å². The van der Waals surface area contributed by atoms with Gasteiger partial charge in [0, 0.05) is 6.04 Å². The summed E-state index contributed by atoms with van der Waals surface area (Å²) in [5.41, 5.74) is 0. The first-order chi connectivity index (χ1) is 3.31. The summed E-state index contributed by atoms with van der Waals surface area (Å²) in [6.07, 6.45) is 3.26. The average molecular weight is 119 g/mol. The van der Waals surface area contributed by atoms with Gasteiger partial charge in [-0.05, 0) is 19.6 Å². The SMILES string of the molecule is CCC(C)NSC. The highest BCUT2D eigenvalue weighted by Crippen LogP contribution is 1.92. The molecule has 0 spiro atoms. The molecule has 1 N–H and O–H groups in total. The normalized spacial score (nSPS) is 14.1. The number of hydrogen-bond acceptors (Lipinski definition) is 2. The van der Waals surface area contributed by atoms with Gasteiger partial charge in [-0.25, -0.2) is 0 Å². The van der Waals surface area contributed by atoms with E-state index >= 15 is 0 Å². The van der Waals surface area contributed by atoms with Crippen molar-refractivity contribution in [2.75, 3.05) is 6.26 Å². The molecule has 0 aromatic rings. The Balaban J connectivity index is 2.83. The van der Waals surface area contributed by atoms with Gasteiger partial charge in [0.15, 0.2) is 0 Å². The minimum absolute atomic E-state index is 0.662. The van der Waals surface area contributed by atoms with Crippen LogP contribution in [-0.2, 0) is 0 Å². The molecule has 0 saturated heterocycles. The topological polar surface area (TPSA) is 12.0 Å². The molecule has 0 rings (SSSR count). The summed E-state index contributed by atoms with van der Waals surface area (Å²) in [4.78, 5) is 0. The first kappa shape index (κ1) is 7.31. The molecule has 1 atom stereocenters. The number of hydrogen-bond donors (Lipinski definition) is 1. The van der Waals surface area contributed by atoms with E-state index in [1.807, 2.05) is 6.26 Å². The minimum Gasteiger partial charge on any atom is -0.262 e. The van der Waals surface area contributed by atoms with Gasteiger partial charge in [-0.1, -0.05) is 18.9 Å². The van der Waals surface area contributed by atoms with Crippen molar-refractivity contribution < 1.29 is 0 Å². The van der Waals surface area contributed by atoms with E-state index in [2.05, 4.69) is 18.6 Å². The van der Waals surface area contributed by atoms with Crippen LogP contribution in [0.25, 0.3) is 0 Å². The van der Waals surface area contributed by atoms with Crippen molar-refractivity contribution in [1.82, 2.24) is 4.72 Å². The maximum atomic E-state index is 3.21. The molecule has 0 amide bonds. The molecule has 0 aromatic carbocycles. The van der Waals surface area contributed by atoms with Crippen LogP contribution >= 0.6 is 11.9 Å². The smallest absolute Gasteiger partial charge is 0.0140 e. The molecule has 1 unspecified atom stereocenters. The lowest BCUT2D eigenvalue weighted by Gasteiger charge is -2.05. The van der Waals surface area contributed by atoms with E-state index in [9.17, 15) is 0 Å². The maximum absolute atomic E-state index is 3.21. The Morgan fingerprint density at radius 2 is 2.29 bits per heavy atom. The van der Waals surface area contributed by atoms with E-state index in [1.54, 1.807) is 11.9 Å². The highest BCUT2D eigenvalue weighted by molar-refractivity contribution is 7.96. The molecule has 7 heavy (non-hydrogen) atoms. The predicted octanol–water partition coefficient (Wildman–Crippen LogP) is 1.65. The molecule has 0 aliphatic carbocycles. The number of rotatable bonds is 3. The zero-order chi connectivity index (χ0) is 5.70. The summed E-state index contributed by atoms with van der Waals surface area (Å²) in [5.74, 6) is 0. The van der Waals surface area contributed by atoms with Crippen LogP contribution in [0.2, 0.25) is 0 Å². The molecule has 0 saturated carbocycles. The first-order valence-electron chi connectivity index (χ1n) is 2.59. The second kappa shape index (κ2) is 4.47. The van der Waals surface area contributed by atoms with Gasteiger partial charge in [-0.2, -0.15) is 0 Å². The third kappa shape index (κ3) is 4.16. The van der Waals surface area contributed by atoms with Crippen molar-refractivity contribution in [3.8, 4) is 0 Å². The third-order valence-electron chi connectivity index (χ3n) is 0.931. The largest absolute Gasteiger partial charge is 0.262 e. The van der Waals surface area contributed by atoms with Crippen molar-refractivity contribution in [1.29, 1.82) is 0 Å². The van der Waals surface area contributed by atoms with E-state index < -0.39 is 0 Å². The molecular formula is C5H13NS. The van der Waals surface area contributed by atoms with E-state index in [1.165, 1.54) is 6.42 Å². The van der Waals surface area contributed by atoms with Gasteiger partial charge in [0.25, 0.3) is 0 Å². The van der Waals surface area contributed by atoms with Crippen molar-refractivity contribution in [2.24, 2.45) is 0 Å². The lowest BCUT2D eigenvalue weighted by atomic mass is 10.3. The Kier molecular flexibility index (Phi) is 4.67. The minimum atomic E-state index is 0.662. The molecule has 0 heterocycles. The van der Waals surface area contributed by atoms with Crippen molar-refractivity contribution in [2.45, 2.75) is 26.3 Å². The van der Waals surface area contributed by atoms with Crippen LogP contribution in [0.1, 0.15) is 20.3 Å². The fraction of sp³-hybridized carbons (Fsp3) is 1.00. The van der Waals surface area contributed by atoms with Crippen LogP contribution < -0.4 is 4.72 Å². The van der Waals surface area contributed by atoms with Crippen LogP contribution in [0.15, 0.2) is 0 Å². The standard InChI is InChI=1S/C5H13NS/c1-4-5(2)6-7-3/h5-6H,4H2,1-3H3. The number of nitrogens with one attached hydrogen (secondary N) is 1. The molecule has 0 aliphatic rings. The van der Waals surface area contributed by atoms with Crippen LogP contribution in [0.3, 0.4) is 0 Å². The maximum Gasteiger partial charge on any atom is 0.0140 e. The van der Waals surface area contributed by atoms with Gasteiger partial charge in [-0.15, -0.1) is 0 Å². The molecular weight excluding hydrogens is 106 g/mol. The molecule has 44 valence electrons. The molecule has 0 bridgehead atoms. The predicted molar refractivity (Wildman–Crippen MR) is 36.4 cm³/mol. The fourth-order valence-corrected chi connectivity index (χ4v) is 0.854. The Morgan fingerprint density at radius 3 is 2.43 bits per heavy atom. The lowest BCUT2D eigenvalue weighted by Crippen LogP contribution is -2.16. The summed E-state index contributed by atoms with van der Waals surface area (Å²) >= 11 is 1.68. The molecule has 0 fully saturated rings. The van der Waals surface area contributed by atoms with Crippen LogP contribution in [0.4, 0.5) is 0 Å². The quantitative estimate of drug-likeness (QED) is 0.567. The van der Waals surface area contributed by atoms with Crippen molar-refractivity contribution >= 4 is 11.9 Å². The van der Waals surface area contributed by atoms with Crippen LogP contribution in [0.5, 0.6) is 0 Å². The zero-order valence-corrected chi connectivity index (χ0v) is 6.01. The Hall–Kier alpha value is 0.310. The monoisotopic (exact) mass is 119 g/mol. The fourth-order valence-electron chi connectivity index (χ4n) is 0.285. The van der Waals surface area contributed by atoms with E-state index in [-0.39, 0.29) is 0 Å². The molecule has 0 radical (unpaired) electrons. The van der Waals surface area contributed by atoms with Gasteiger partial charge < -0.3 is 0 Å². The molecule has 0 aromatic heterocycles. The molecule has 2 heteroatoms. The second-order valence-corrected chi connectivity index (χ2v) is 2.28. The van der Waals surface area contributed by atoms with E-state index in [0.29, 0.717) is 6.04 Å². The van der Waals surface area contributed by atoms with Gasteiger partial charge in [-0.3, -0.25) is 4.72 Å². The highest BCUT2D eigenvalue weighted by atomic mass is 32.2. The van der Waals surface area contributed by atoms with Gasteiger partial charge in [0.05, 0.1) is 0 Å². The van der Waals surface area contributed by atoms with Crippen LogP contribution in [-0.4, -0.2) is 12.3 Å².